The van der Waals surface area contributed by atoms with Gasteiger partial charge in [-0.05, 0) is 61.4 Å². The van der Waals surface area contributed by atoms with Crippen molar-refractivity contribution in [2.24, 2.45) is 4.99 Å². The second-order valence-electron chi connectivity index (χ2n) is 6.13. The summed E-state index contributed by atoms with van der Waals surface area (Å²) in [6, 6.07) is 10.6. The monoisotopic (exact) mass is 353 g/mol. The van der Waals surface area contributed by atoms with Crippen molar-refractivity contribution in [1.82, 2.24) is 9.47 Å². The maximum atomic E-state index is 12.4. The summed E-state index contributed by atoms with van der Waals surface area (Å²) in [6.07, 6.45) is 2.97. The second kappa shape index (κ2) is 6.92. The zero-order chi connectivity index (χ0) is 18.1. The van der Waals surface area contributed by atoms with Crippen molar-refractivity contribution in [1.29, 1.82) is 0 Å². The van der Waals surface area contributed by atoms with Crippen LogP contribution in [0.15, 0.2) is 40.2 Å². The SMILES string of the molecule is CCc1ccccc1-n1c(C)cc(C=C2SC(=NC)N(C)C2=O)c1C. The number of aromatic nitrogens is 1. The Morgan fingerprint density at radius 2 is 1.96 bits per heavy atom. The highest BCUT2D eigenvalue weighted by molar-refractivity contribution is 8.18. The first-order valence-electron chi connectivity index (χ1n) is 8.39. The van der Waals surface area contributed by atoms with Crippen LogP contribution >= 0.6 is 11.8 Å². The van der Waals surface area contributed by atoms with Crippen LogP contribution in [-0.2, 0) is 11.2 Å². The number of nitrogens with zero attached hydrogens (tertiary/aromatic N) is 3. The van der Waals surface area contributed by atoms with Gasteiger partial charge in [-0.3, -0.25) is 14.7 Å². The highest BCUT2D eigenvalue weighted by atomic mass is 32.2. The number of carbonyl (C=O) groups excluding carboxylic acids is 1. The maximum absolute atomic E-state index is 12.4. The quantitative estimate of drug-likeness (QED) is 0.776. The highest BCUT2D eigenvalue weighted by Gasteiger charge is 2.30. The standard InChI is InChI=1S/C20H23N3OS/c1-6-15-9-7-8-10-17(15)23-13(2)11-16(14(23)3)12-18-19(24)22(5)20(21-4)25-18/h7-12H,6H2,1-5H3. The molecule has 0 spiro atoms. The Labute approximate surface area is 153 Å². The van der Waals surface area contributed by atoms with Gasteiger partial charge < -0.3 is 4.57 Å². The average Bonchev–Trinajstić information content (AvgIpc) is 3.05. The fourth-order valence-corrected chi connectivity index (χ4v) is 4.14. The lowest BCUT2D eigenvalue weighted by Crippen LogP contribution is -2.23. The molecule has 0 aliphatic carbocycles. The molecular formula is C20H23N3OS. The summed E-state index contributed by atoms with van der Waals surface area (Å²) in [6.45, 7) is 6.38. The number of amides is 1. The Balaban J connectivity index is 2.07. The number of amidine groups is 1. The molecule has 0 bridgehead atoms. The number of para-hydroxylation sites is 1. The number of thioether (sulfide) groups is 1. The van der Waals surface area contributed by atoms with Crippen molar-refractivity contribution >= 4 is 28.9 Å². The first-order valence-corrected chi connectivity index (χ1v) is 9.21. The molecule has 1 aromatic heterocycles. The van der Waals surface area contributed by atoms with Gasteiger partial charge >= 0.3 is 0 Å². The molecular weight excluding hydrogens is 330 g/mol. The Bertz CT molecular complexity index is 892. The van der Waals surface area contributed by atoms with Gasteiger partial charge in [0.05, 0.1) is 4.91 Å². The third-order valence-corrected chi connectivity index (χ3v) is 5.72. The van der Waals surface area contributed by atoms with Gasteiger partial charge in [-0.2, -0.15) is 0 Å². The summed E-state index contributed by atoms with van der Waals surface area (Å²) in [7, 11) is 3.47. The van der Waals surface area contributed by atoms with Crippen molar-refractivity contribution in [3.8, 4) is 5.69 Å². The average molecular weight is 353 g/mol. The van der Waals surface area contributed by atoms with E-state index in [0.717, 1.165) is 22.8 Å². The molecule has 1 aromatic carbocycles. The van der Waals surface area contributed by atoms with E-state index in [-0.39, 0.29) is 5.91 Å². The molecule has 0 radical (unpaired) electrons. The van der Waals surface area contributed by atoms with Crippen LogP contribution in [0.5, 0.6) is 0 Å². The van der Waals surface area contributed by atoms with Crippen LogP contribution in [0.4, 0.5) is 0 Å². The number of aryl methyl sites for hydroxylation is 2. The third-order valence-electron chi connectivity index (χ3n) is 4.57. The lowest BCUT2D eigenvalue weighted by Gasteiger charge is -2.14. The van der Waals surface area contributed by atoms with E-state index in [1.807, 2.05) is 6.08 Å². The van der Waals surface area contributed by atoms with E-state index in [1.165, 1.54) is 28.7 Å². The van der Waals surface area contributed by atoms with Gasteiger partial charge in [0.2, 0.25) is 0 Å². The zero-order valence-electron chi connectivity index (χ0n) is 15.3. The van der Waals surface area contributed by atoms with Crippen LogP contribution in [0.1, 0.15) is 29.4 Å². The normalized spacial score (nSPS) is 18.0. The van der Waals surface area contributed by atoms with Crippen LogP contribution < -0.4 is 0 Å². The molecule has 2 aromatic rings. The molecule has 2 heterocycles. The summed E-state index contributed by atoms with van der Waals surface area (Å²) in [4.78, 5) is 18.9. The molecule has 0 atom stereocenters. The minimum absolute atomic E-state index is 0.00404. The molecule has 25 heavy (non-hydrogen) atoms. The van der Waals surface area contributed by atoms with E-state index < -0.39 is 0 Å². The van der Waals surface area contributed by atoms with Crippen molar-refractivity contribution in [3.63, 3.8) is 0 Å². The van der Waals surface area contributed by atoms with Crippen molar-refractivity contribution in [2.45, 2.75) is 27.2 Å². The molecule has 0 N–H and O–H groups in total. The van der Waals surface area contributed by atoms with E-state index in [4.69, 9.17) is 0 Å². The molecule has 1 aliphatic rings. The molecule has 0 unspecified atom stereocenters. The number of likely N-dealkylation sites (N-methyl/N-ethyl adjacent to an activating group) is 1. The van der Waals surface area contributed by atoms with Crippen LogP contribution in [0.2, 0.25) is 0 Å². The second-order valence-corrected chi connectivity index (χ2v) is 7.13. The van der Waals surface area contributed by atoms with E-state index in [2.05, 4.69) is 60.7 Å². The Hall–Kier alpha value is -2.27. The first kappa shape index (κ1) is 17.5. The van der Waals surface area contributed by atoms with E-state index in [9.17, 15) is 4.79 Å². The van der Waals surface area contributed by atoms with Crippen LogP contribution in [0.25, 0.3) is 11.8 Å². The Morgan fingerprint density at radius 1 is 1.24 bits per heavy atom. The van der Waals surface area contributed by atoms with Crippen LogP contribution in [0, 0.1) is 13.8 Å². The maximum Gasteiger partial charge on any atom is 0.266 e. The summed E-state index contributed by atoms with van der Waals surface area (Å²) < 4.78 is 2.27. The van der Waals surface area contributed by atoms with Gasteiger partial charge in [0.15, 0.2) is 5.17 Å². The van der Waals surface area contributed by atoms with Crippen LogP contribution in [-0.4, -0.2) is 34.6 Å². The number of rotatable bonds is 3. The summed E-state index contributed by atoms with van der Waals surface area (Å²) in [5.41, 5.74) is 5.91. The Morgan fingerprint density at radius 3 is 2.60 bits per heavy atom. The van der Waals surface area contributed by atoms with E-state index in [0.29, 0.717) is 4.91 Å². The molecule has 1 aliphatic heterocycles. The summed E-state index contributed by atoms with van der Waals surface area (Å²) >= 11 is 1.43. The number of carbonyl (C=O) groups is 1. The third kappa shape index (κ3) is 3.04. The molecule has 4 nitrogen and oxygen atoms in total. The molecule has 1 amide bonds. The van der Waals surface area contributed by atoms with Gasteiger partial charge in [-0.1, -0.05) is 25.1 Å². The Kier molecular flexibility index (Phi) is 4.86. The number of hydrogen-bond donors (Lipinski definition) is 0. The molecule has 130 valence electrons. The number of aliphatic imine (C=N–C) groups is 1. The number of hydrogen-bond acceptors (Lipinski definition) is 3. The molecule has 1 fully saturated rings. The zero-order valence-corrected chi connectivity index (χ0v) is 16.1. The van der Waals surface area contributed by atoms with Crippen molar-refractivity contribution < 1.29 is 4.79 Å². The van der Waals surface area contributed by atoms with Gasteiger partial charge in [-0.15, -0.1) is 0 Å². The molecule has 1 saturated heterocycles. The van der Waals surface area contributed by atoms with Gasteiger partial charge in [0.25, 0.3) is 5.91 Å². The van der Waals surface area contributed by atoms with Gasteiger partial charge in [0.1, 0.15) is 0 Å². The molecule has 3 rings (SSSR count). The topological polar surface area (TPSA) is 37.6 Å². The summed E-state index contributed by atoms with van der Waals surface area (Å²) in [5.74, 6) is 0.00404. The predicted octanol–water partition coefficient (Wildman–Crippen LogP) is 4.19. The van der Waals surface area contributed by atoms with E-state index >= 15 is 0 Å². The lowest BCUT2D eigenvalue weighted by atomic mass is 10.1. The lowest BCUT2D eigenvalue weighted by molar-refractivity contribution is -0.121. The smallest absolute Gasteiger partial charge is 0.266 e. The molecule has 5 heteroatoms. The first-order chi connectivity index (χ1) is 12.0. The van der Waals surface area contributed by atoms with Crippen molar-refractivity contribution in [3.05, 3.63) is 57.8 Å². The van der Waals surface area contributed by atoms with Gasteiger partial charge in [0, 0.05) is 31.2 Å². The predicted molar refractivity (Wildman–Crippen MR) is 106 cm³/mol. The van der Waals surface area contributed by atoms with Gasteiger partial charge in [-0.25, -0.2) is 0 Å². The largest absolute Gasteiger partial charge is 0.318 e. The highest BCUT2D eigenvalue weighted by Crippen LogP contribution is 2.33. The van der Waals surface area contributed by atoms with Crippen molar-refractivity contribution in [2.75, 3.05) is 14.1 Å². The fourth-order valence-electron chi connectivity index (χ4n) is 3.22. The number of benzene rings is 1. The van der Waals surface area contributed by atoms with Crippen LogP contribution in [0.3, 0.4) is 0 Å². The minimum Gasteiger partial charge on any atom is -0.318 e. The molecule has 0 saturated carbocycles. The summed E-state index contributed by atoms with van der Waals surface area (Å²) in [5, 5.41) is 0.737. The van der Waals surface area contributed by atoms with E-state index in [1.54, 1.807) is 19.0 Å². The minimum atomic E-state index is 0.00404. The fraction of sp³-hybridized carbons (Fsp3) is 0.300.